The van der Waals surface area contributed by atoms with Gasteiger partial charge in [-0.2, -0.15) is 5.10 Å². The fourth-order valence-corrected chi connectivity index (χ4v) is 3.71. The summed E-state index contributed by atoms with van der Waals surface area (Å²) in [6, 6.07) is 3.84. The quantitative estimate of drug-likeness (QED) is 0.615. The number of aromatic nitrogens is 4. The third-order valence-corrected chi connectivity index (χ3v) is 5.29. The molecule has 0 aliphatic carbocycles. The maximum absolute atomic E-state index is 6.27. The van der Waals surface area contributed by atoms with Crippen molar-refractivity contribution in [3.8, 4) is 0 Å². The van der Waals surface area contributed by atoms with Crippen LogP contribution in [0.4, 0.5) is 5.95 Å². The van der Waals surface area contributed by atoms with Gasteiger partial charge in [0.05, 0.1) is 5.69 Å². The van der Waals surface area contributed by atoms with Crippen molar-refractivity contribution in [1.29, 1.82) is 0 Å². The molecule has 0 unspecified atom stereocenters. The predicted octanol–water partition coefficient (Wildman–Crippen LogP) is 0.425. The molecule has 4 rings (SSSR count). The van der Waals surface area contributed by atoms with Gasteiger partial charge in [0.1, 0.15) is 6.10 Å². The second-order valence-electron chi connectivity index (χ2n) is 6.94. The Bertz CT molecular complexity index is 769. The first-order valence-corrected chi connectivity index (χ1v) is 9.38. The van der Waals surface area contributed by atoms with E-state index in [1.165, 1.54) is 0 Å². The van der Waals surface area contributed by atoms with Gasteiger partial charge >= 0.3 is 0 Å². The number of hydrogen-bond donors (Lipinski definition) is 1. The molecule has 0 amide bonds. The lowest BCUT2D eigenvalue weighted by Crippen LogP contribution is -2.51. The van der Waals surface area contributed by atoms with E-state index in [1.54, 1.807) is 12.4 Å². The molecule has 2 fully saturated rings. The number of ether oxygens (including phenoxy) is 1. The molecule has 9 nitrogen and oxygen atoms in total. The summed E-state index contributed by atoms with van der Waals surface area (Å²) in [7, 11) is 1.95. The number of hydrogen-bond acceptors (Lipinski definition) is 6. The minimum absolute atomic E-state index is 0.0427. The summed E-state index contributed by atoms with van der Waals surface area (Å²) in [6.45, 7) is 4.74. The molecular weight excluding hydrogens is 344 g/mol. The van der Waals surface area contributed by atoms with Crippen molar-refractivity contribution >= 4 is 11.9 Å². The van der Waals surface area contributed by atoms with Gasteiger partial charge in [-0.3, -0.25) is 9.67 Å². The Labute approximate surface area is 158 Å². The normalized spacial score (nSPS) is 23.8. The zero-order valence-electron chi connectivity index (χ0n) is 15.6. The number of aliphatic imine (C=N–C) groups is 1. The Morgan fingerprint density at radius 2 is 2.00 bits per heavy atom. The molecule has 2 aromatic rings. The molecule has 2 saturated heterocycles. The molecule has 0 spiro atoms. The summed E-state index contributed by atoms with van der Waals surface area (Å²) >= 11 is 0. The number of nitrogens with zero attached hydrogens (tertiary/aromatic N) is 7. The van der Waals surface area contributed by atoms with Crippen LogP contribution in [0.15, 0.2) is 35.7 Å². The summed E-state index contributed by atoms with van der Waals surface area (Å²) in [6.07, 6.45) is 6.38. The van der Waals surface area contributed by atoms with Crippen LogP contribution >= 0.6 is 0 Å². The molecular formula is C18H26N8O. The molecule has 2 aromatic heterocycles. The van der Waals surface area contributed by atoms with Crippen molar-refractivity contribution < 1.29 is 4.74 Å². The van der Waals surface area contributed by atoms with Gasteiger partial charge in [0, 0.05) is 70.9 Å². The summed E-state index contributed by atoms with van der Waals surface area (Å²) in [5.41, 5.74) is 7.37. The van der Waals surface area contributed by atoms with Crippen LogP contribution in [-0.4, -0.2) is 69.9 Å². The van der Waals surface area contributed by atoms with Crippen LogP contribution in [0, 0.1) is 5.92 Å². The van der Waals surface area contributed by atoms with Crippen LogP contribution in [-0.2, 0) is 11.8 Å². The minimum Gasteiger partial charge on any atom is -0.372 e. The first-order valence-electron chi connectivity index (χ1n) is 9.38. The fourth-order valence-electron chi connectivity index (χ4n) is 3.71. The second-order valence-corrected chi connectivity index (χ2v) is 6.94. The molecule has 0 saturated carbocycles. The highest BCUT2D eigenvalue weighted by atomic mass is 16.5. The van der Waals surface area contributed by atoms with Crippen LogP contribution in [0.1, 0.15) is 18.2 Å². The average Bonchev–Trinajstić information content (AvgIpc) is 3.35. The number of piperazine rings is 1. The third-order valence-electron chi connectivity index (χ3n) is 5.29. The molecule has 144 valence electrons. The van der Waals surface area contributed by atoms with Crippen LogP contribution < -0.4 is 10.6 Å². The molecule has 0 bridgehead atoms. The van der Waals surface area contributed by atoms with Gasteiger partial charge in [0.15, 0.2) is 5.96 Å². The Morgan fingerprint density at radius 3 is 2.70 bits per heavy atom. The van der Waals surface area contributed by atoms with E-state index in [1.807, 2.05) is 30.1 Å². The smallest absolute Gasteiger partial charge is 0.225 e. The lowest BCUT2D eigenvalue weighted by atomic mass is 9.99. The molecule has 2 N–H and O–H groups in total. The molecule has 0 radical (unpaired) electrons. The highest BCUT2D eigenvalue weighted by Gasteiger charge is 2.31. The van der Waals surface area contributed by atoms with Gasteiger partial charge in [-0.05, 0) is 18.6 Å². The molecule has 9 heteroatoms. The highest BCUT2D eigenvalue weighted by molar-refractivity contribution is 5.78. The van der Waals surface area contributed by atoms with Gasteiger partial charge in [-0.15, -0.1) is 0 Å². The van der Waals surface area contributed by atoms with E-state index in [-0.39, 0.29) is 6.10 Å². The van der Waals surface area contributed by atoms with E-state index >= 15 is 0 Å². The van der Waals surface area contributed by atoms with Crippen molar-refractivity contribution in [2.75, 3.05) is 44.2 Å². The van der Waals surface area contributed by atoms with Crippen molar-refractivity contribution in [1.82, 2.24) is 24.6 Å². The Morgan fingerprint density at radius 1 is 1.22 bits per heavy atom. The lowest BCUT2D eigenvalue weighted by Gasteiger charge is -2.35. The molecule has 2 aliphatic heterocycles. The molecule has 0 aromatic carbocycles. The van der Waals surface area contributed by atoms with Crippen molar-refractivity contribution in [3.05, 3.63) is 36.4 Å². The van der Waals surface area contributed by atoms with E-state index in [2.05, 4.69) is 29.9 Å². The van der Waals surface area contributed by atoms with Gasteiger partial charge in [-0.1, -0.05) is 0 Å². The number of anilines is 1. The Hall–Kier alpha value is -2.68. The van der Waals surface area contributed by atoms with Crippen LogP contribution in [0.5, 0.6) is 0 Å². The van der Waals surface area contributed by atoms with E-state index in [4.69, 9.17) is 10.5 Å². The van der Waals surface area contributed by atoms with Crippen molar-refractivity contribution in [2.24, 2.45) is 23.7 Å². The summed E-state index contributed by atoms with van der Waals surface area (Å²) in [5, 5.41) is 4.25. The largest absolute Gasteiger partial charge is 0.372 e. The maximum Gasteiger partial charge on any atom is 0.225 e. The van der Waals surface area contributed by atoms with Gasteiger partial charge in [0.2, 0.25) is 5.95 Å². The van der Waals surface area contributed by atoms with E-state index in [9.17, 15) is 0 Å². The highest BCUT2D eigenvalue weighted by Crippen LogP contribution is 2.34. The van der Waals surface area contributed by atoms with Crippen molar-refractivity contribution in [3.63, 3.8) is 0 Å². The van der Waals surface area contributed by atoms with Crippen molar-refractivity contribution in [2.45, 2.75) is 12.5 Å². The minimum atomic E-state index is 0.0427. The number of rotatable bonds is 4. The van der Waals surface area contributed by atoms with Gasteiger partial charge < -0.3 is 20.3 Å². The predicted molar refractivity (Wildman–Crippen MR) is 102 cm³/mol. The topological polar surface area (TPSA) is 97.7 Å². The summed E-state index contributed by atoms with van der Waals surface area (Å²) < 4.78 is 7.80. The number of nitrogens with two attached hydrogens (primary N) is 1. The molecule has 4 heterocycles. The SMILES string of the molecule is Cn1nccc1[C@@H]1OCC[C@H]1CN=C(N)N1CCN(c2ncccn2)CC1. The first-order chi connectivity index (χ1) is 13.2. The maximum atomic E-state index is 6.27. The third kappa shape index (κ3) is 3.87. The van der Waals surface area contributed by atoms with E-state index in [0.717, 1.165) is 50.8 Å². The molecule has 27 heavy (non-hydrogen) atoms. The van der Waals surface area contributed by atoms with E-state index < -0.39 is 0 Å². The number of guanidine groups is 1. The van der Waals surface area contributed by atoms with Crippen LogP contribution in [0.3, 0.4) is 0 Å². The molecule has 2 atom stereocenters. The average molecular weight is 370 g/mol. The summed E-state index contributed by atoms with van der Waals surface area (Å²) in [5.74, 6) is 1.71. The lowest BCUT2D eigenvalue weighted by molar-refractivity contribution is 0.0858. The second kappa shape index (κ2) is 7.91. The summed E-state index contributed by atoms with van der Waals surface area (Å²) in [4.78, 5) is 17.6. The van der Waals surface area contributed by atoms with Crippen LogP contribution in [0.25, 0.3) is 0 Å². The Balaban J connectivity index is 1.33. The van der Waals surface area contributed by atoms with Crippen LogP contribution in [0.2, 0.25) is 0 Å². The zero-order chi connectivity index (χ0) is 18.6. The standard InChI is InChI=1S/C18H26N8O/c1-24-15(3-7-23-24)16-14(4-12-27-16)13-22-17(19)25-8-10-26(11-9-25)18-20-5-2-6-21-18/h2-3,5-7,14,16H,4,8-13H2,1H3,(H2,19,22)/t14-,16+/m0/s1. The zero-order valence-corrected chi connectivity index (χ0v) is 15.6. The number of aryl methyl sites for hydroxylation is 1. The first kappa shape index (κ1) is 17.7. The van der Waals surface area contributed by atoms with E-state index in [0.29, 0.717) is 18.4 Å². The fraction of sp³-hybridized carbons (Fsp3) is 0.556. The Kier molecular flexibility index (Phi) is 5.19. The molecule has 2 aliphatic rings. The monoisotopic (exact) mass is 370 g/mol. The van der Waals surface area contributed by atoms with Gasteiger partial charge in [0.25, 0.3) is 0 Å². The van der Waals surface area contributed by atoms with Gasteiger partial charge in [-0.25, -0.2) is 9.97 Å².